The Kier molecular flexibility index (Phi) is 5.17. The average molecular weight is 309 g/mol. The summed E-state index contributed by atoms with van der Waals surface area (Å²) in [6.07, 6.45) is 0.499. The van der Waals surface area contributed by atoms with E-state index in [1.54, 1.807) is 13.2 Å². The minimum absolute atomic E-state index is 0.339. The summed E-state index contributed by atoms with van der Waals surface area (Å²) in [6, 6.07) is 9.92. The highest BCUT2D eigenvalue weighted by Gasteiger charge is 2.17. The zero-order chi connectivity index (χ0) is 15.4. The van der Waals surface area contributed by atoms with E-state index < -0.39 is 0 Å². The molecule has 0 spiro atoms. The first-order valence-corrected chi connectivity index (χ1v) is 6.97. The maximum atomic E-state index is 14.0. The third kappa shape index (κ3) is 3.73. The van der Waals surface area contributed by atoms with Crippen LogP contribution in [0.4, 0.5) is 4.39 Å². The van der Waals surface area contributed by atoms with Gasteiger partial charge in [0.05, 0.1) is 13.2 Å². The molecule has 0 radical (unpaired) electrons. The maximum absolute atomic E-state index is 14.0. The zero-order valence-electron chi connectivity index (χ0n) is 12.0. The lowest BCUT2D eigenvalue weighted by atomic mass is 9.97. The Balaban J connectivity index is 2.35. The molecule has 1 atom stereocenters. The van der Waals surface area contributed by atoms with E-state index in [-0.39, 0.29) is 11.9 Å². The number of aryl methyl sites for hydroxylation is 1. The van der Waals surface area contributed by atoms with Crippen LogP contribution in [0, 0.1) is 12.7 Å². The first kappa shape index (κ1) is 15.8. The Morgan fingerprint density at radius 1 is 1.29 bits per heavy atom. The number of rotatable bonds is 5. The molecule has 21 heavy (non-hydrogen) atoms. The molecular formula is C16H18ClFN2O. The monoisotopic (exact) mass is 308 g/mol. The smallest absolute Gasteiger partial charge is 0.128 e. The highest BCUT2D eigenvalue weighted by atomic mass is 35.5. The predicted octanol–water partition coefficient (Wildman–Crippen LogP) is 3.54. The summed E-state index contributed by atoms with van der Waals surface area (Å²) in [5, 5.41) is 0.475. The molecule has 5 heteroatoms. The third-order valence-corrected chi connectivity index (χ3v) is 3.63. The SMILES string of the molecule is COc1ccc(C)cc1CC(NN)c1cc(Cl)ccc1F. The highest BCUT2D eigenvalue weighted by Crippen LogP contribution is 2.28. The second-order valence-electron chi connectivity index (χ2n) is 4.90. The van der Waals surface area contributed by atoms with Gasteiger partial charge in [-0.3, -0.25) is 11.3 Å². The van der Waals surface area contributed by atoms with Gasteiger partial charge in [0.15, 0.2) is 0 Å². The molecule has 0 fully saturated rings. The van der Waals surface area contributed by atoms with Crippen LogP contribution in [0.15, 0.2) is 36.4 Å². The number of nitrogens with one attached hydrogen (secondary N) is 1. The van der Waals surface area contributed by atoms with E-state index in [1.165, 1.54) is 12.1 Å². The van der Waals surface area contributed by atoms with Gasteiger partial charge in [0.1, 0.15) is 11.6 Å². The molecule has 2 aromatic carbocycles. The van der Waals surface area contributed by atoms with Gasteiger partial charge in [0, 0.05) is 10.6 Å². The van der Waals surface area contributed by atoms with Crippen LogP contribution in [0.1, 0.15) is 22.7 Å². The quantitative estimate of drug-likeness (QED) is 0.656. The van der Waals surface area contributed by atoms with Crippen LogP contribution in [0.5, 0.6) is 5.75 Å². The maximum Gasteiger partial charge on any atom is 0.128 e. The number of hydrogen-bond donors (Lipinski definition) is 2. The summed E-state index contributed by atoms with van der Waals surface area (Å²) in [7, 11) is 1.61. The molecule has 0 aromatic heterocycles. The normalized spacial score (nSPS) is 12.2. The largest absolute Gasteiger partial charge is 0.496 e. The summed E-state index contributed by atoms with van der Waals surface area (Å²) < 4.78 is 19.3. The minimum atomic E-state index is -0.389. The number of halogens is 2. The first-order chi connectivity index (χ1) is 10.0. The number of benzene rings is 2. The van der Waals surface area contributed by atoms with Crippen molar-refractivity contribution in [3.05, 3.63) is 63.9 Å². The number of nitrogens with two attached hydrogens (primary N) is 1. The molecule has 2 rings (SSSR count). The summed E-state index contributed by atoms with van der Waals surface area (Å²) in [4.78, 5) is 0. The van der Waals surface area contributed by atoms with Crippen molar-refractivity contribution in [2.75, 3.05) is 7.11 Å². The van der Waals surface area contributed by atoms with Crippen molar-refractivity contribution in [3.63, 3.8) is 0 Å². The molecule has 2 aromatic rings. The van der Waals surface area contributed by atoms with Crippen molar-refractivity contribution >= 4 is 11.6 Å². The van der Waals surface area contributed by atoms with Gasteiger partial charge >= 0.3 is 0 Å². The fourth-order valence-electron chi connectivity index (χ4n) is 2.33. The zero-order valence-corrected chi connectivity index (χ0v) is 12.7. The average Bonchev–Trinajstić information content (AvgIpc) is 2.47. The fraction of sp³-hybridized carbons (Fsp3) is 0.250. The van der Waals surface area contributed by atoms with Gasteiger partial charge in [-0.1, -0.05) is 29.3 Å². The molecule has 112 valence electrons. The molecule has 0 saturated carbocycles. The van der Waals surface area contributed by atoms with Crippen LogP contribution in [0.2, 0.25) is 5.02 Å². The lowest BCUT2D eigenvalue weighted by Gasteiger charge is -2.19. The summed E-state index contributed by atoms with van der Waals surface area (Å²) in [5.41, 5.74) is 5.15. The number of methoxy groups -OCH3 is 1. The van der Waals surface area contributed by atoms with Crippen LogP contribution < -0.4 is 16.0 Å². The van der Waals surface area contributed by atoms with Gasteiger partial charge < -0.3 is 4.74 Å². The molecule has 1 unspecified atom stereocenters. The molecule has 3 N–H and O–H groups in total. The molecule has 0 aliphatic rings. The second-order valence-corrected chi connectivity index (χ2v) is 5.34. The van der Waals surface area contributed by atoms with E-state index in [4.69, 9.17) is 22.2 Å². The summed E-state index contributed by atoms with van der Waals surface area (Å²) in [5.74, 6) is 6.01. The molecule has 0 amide bonds. The predicted molar refractivity (Wildman–Crippen MR) is 82.9 cm³/mol. The van der Waals surface area contributed by atoms with E-state index in [2.05, 4.69) is 5.43 Å². The Morgan fingerprint density at radius 2 is 2.05 bits per heavy atom. The Labute approximate surface area is 128 Å². The van der Waals surface area contributed by atoms with Crippen molar-refractivity contribution < 1.29 is 9.13 Å². The first-order valence-electron chi connectivity index (χ1n) is 6.59. The summed E-state index contributed by atoms with van der Waals surface area (Å²) >= 11 is 5.94. The van der Waals surface area contributed by atoms with Crippen LogP contribution in [-0.2, 0) is 6.42 Å². The van der Waals surface area contributed by atoms with Crippen molar-refractivity contribution in [2.24, 2.45) is 5.84 Å². The Morgan fingerprint density at radius 3 is 2.71 bits per heavy atom. The molecule has 3 nitrogen and oxygen atoms in total. The standard InChI is InChI=1S/C16H18ClFN2O/c1-10-3-6-16(21-2)11(7-10)8-15(20-19)13-9-12(17)4-5-14(13)18/h3-7,9,15,20H,8,19H2,1-2H3. The fourth-order valence-corrected chi connectivity index (χ4v) is 2.51. The Hall–Kier alpha value is -1.62. The minimum Gasteiger partial charge on any atom is -0.496 e. The van der Waals surface area contributed by atoms with Crippen LogP contribution >= 0.6 is 11.6 Å². The van der Waals surface area contributed by atoms with Crippen molar-refractivity contribution in [2.45, 2.75) is 19.4 Å². The highest BCUT2D eigenvalue weighted by molar-refractivity contribution is 6.30. The van der Waals surface area contributed by atoms with E-state index in [9.17, 15) is 4.39 Å². The molecule has 0 saturated heterocycles. The van der Waals surface area contributed by atoms with Crippen molar-refractivity contribution in [1.29, 1.82) is 0 Å². The number of hydrazine groups is 1. The van der Waals surface area contributed by atoms with E-state index in [0.717, 1.165) is 16.9 Å². The van der Waals surface area contributed by atoms with Gasteiger partial charge in [0.25, 0.3) is 0 Å². The van der Waals surface area contributed by atoms with Crippen molar-refractivity contribution in [3.8, 4) is 5.75 Å². The lowest BCUT2D eigenvalue weighted by molar-refractivity contribution is 0.404. The van der Waals surface area contributed by atoms with Gasteiger partial charge in [-0.25, -0.2) is 4.39 Å². The Bertz CT molecular complexity index is 634. The van der Waals surface area contributed by atoms with Gasteiger partial charge in [-0.2, -0.15) is 0 Å². The summed E-state index contributed by atoms with van der Waals surface area (Å²) in [6.45, 7) is 1.99. The number of ether oxygens (including phenoxy) is 1. The molecule has 0 heterocycles. The third-order valence-electron chi connectivity index (χ3n) is 3.39. The van der Waals surface area contributed by atoms with E-state index in [1.807, 2.05) is 25.1 Å². The van der Waals surface area contributed by atoms with Crippen LogP contribution in [-0.4, -0.2) is 7.11 Å². The van der Waals surface area contributed by atoms with E-state index >= 15 is 0 Å². The van der Waals surface area contributed by atoms with Crippen LogP contribution in [0.3, 0.4) is 0 Å². The molecular weight excluding hydrogens is 291 g/mol. The van der Waals surface area contributed by atoms with Gasteiger partial charge in [-0.15, -0.1) is 0 Å². The van der Waals surface area contributed by atoms with Gasteiger partial charge in [-0.05, 0) is 43.2 Å². The lowest BCUT2D eigenvalue weighted by Crippen LogP contribution is -2.30. The topological polar surface area (TPSA) is 47.3 Å². The molecule has 0 aliphatic carbocycles. The number of hydrogen-bond acceptors (Lipinski definition) is 3. The molecule has 0 aliphatic heterocycles. The van der Waals surface area contributed by atoms with E-state index in [0.29, 0.717) is 17.0 Å². The second kappa shape index (κ2) is 6.89. The van der Waals surface area contributed by atoms with Gasteiger partial charge in [0.2, 0.25) is 0 Å². The van der Waals surface area contributed by atoms with Crippen molar-refractivity contribution in [1.82, 2.24) is 5.43 Å². The molecule has 0 bridgehead atoms. The van der Waals surface area contributed by atoms with Crippen LogP contribution in [0.25, 0.3) is 0 Å².